The molecular weight excluding hydrogens is 378 g/mol. The van der Waals surface area contributed by atoms with Crippen molar-refractivity contribution in [1.82, 2.24) is 19.6 Å². The second-order valence-electron chi connectivity index (χ2n) is 6.16. The Morgan fingerprint density at radius 3 is 2.81 bits per heavy atom. The molecule has 0 spiro atoms. The number of hydrogen-bond donors (Lipinski definition) is 0. The topological polar surface area (TPSA) is 62.9 Å². The van der Waals surface area contributed by atoms with E-state index in [2.05, 4.69) is 21.4 Å². The summed E-state index contributed by atoms with van der Waals surface area (Å²) < 4.78 is 3.17. The van der Waals surface area contributed by atoms with Crippen molar-refractivity contribution in [2.75, 3.05) is 5.75 Å². The zero-order valence-corrected chi connectivity index (χ0v) is 15.9. The predicted octanol–water partition coefficient (Wildman–Crippen LogP) is 4.00. The number of benzene rings is 2. The summed E-state index contributed by atoms with van der Waals surface area (Å²) in [6.45, 7) is 0. The van der Waals surface area contributed by atoms with Crippen molar-refractivity contribution >= 4 is 50.4 Å². The van der Waals surface area contributed by atoms with Crippen LogP contribution in [0.15, 0.2) is 64.9 Å². The van der Waals surface area contributed by atoms with Gasteiger partial charge >= 0.3 is 0 Å². The van der Waals surface area contributed by atoms with Gasteiger partial charge in [0.25, 0.3) is 5.91 Å². The standard InChI is InChI=1S/C19H15N5OS2/c25-17(24-14(10-11-20-24)13-6-2-1-3-7-13)12-26-18-21-22-19-23(18)15-8-4-5-9-16(15)27-19/h1-9,11,14H,10,12H2/t14-/m1/s1. The van der Waals surface area contributed by atoms with E-state index in [-0.39, 0.29) is 17.7 Å². The van der Waals surface area contributed by atoms with Crippen molar-refractivity contribution in [3.63, 3.8) is 0 Å². The maximum Gasteiger partial charge on any atom is 0.253 e. The van der Waals surface area contributed by atoms with Crippen LogP contribution in [0.1, 0.15) is 18.0 Å². The van der Waals surface area contributed by atoms with Crippen LogP contribution in [-0.4, -0.2) is 37.5 Å². The Bertz CT molecular complexity index is 1150. The molecule has 2 aromatic heterocycles. The molecule has 0 fully saturated rings. The van der Waals surface area contributed by atoms with Crippen LogP contribution in [0.25, 0.3) is 15.2 Å². The highest BCUT2D eigenvalue weighted by atomic mass is 32.2. The minimum atomic E-state index is -0.0288. The van der Waals surface area contributed by atoms with Gasteiger partial charge in [-0.15, -0.1) is 10.2 Å². The first-order chi connectivity index (χ1) is 13.3. The van der Waals surface area contributed by atoms with E-state index >= 15 is 0 Å². The molecule has 6 nitrogen and oxygen atoms in total. The van der Waals surface area contributed by atoms with Gasteiger partial charge in [-0.3, -0.25) is 9.20 Å². The fourth-order valence-electron chi connectivity index (χ4n) is 3.25. The first kappa shape index (κ1) is 16.5. The lowest BCUT2D eigenvalue weighted by atomic mass is 10.0. The largest absolute Gasteiger partial charge is 0.272 e. The Morgan fingerprint density at radius 2 is 1.93 bits per heavy atom. The molecule has 0 radical (unpaired) electrons. The maximum atomic E-state index is 12.8. The quantitative estimate of drug-likeness (QED) is 0.492. The normalized spacial score (nSPS) is 16.6. The van der Waals surface area contributed by atoms with E-state index in [4.69, 9.17) is 0 Å². The molecule has 3 heterocycles. The van der Waals surface area contributed by atoms with Crippen LogP contribution in [0.3, 0.4) is 0 Å². The Labute approximate surface area is 163 Å². The fourth-order valence-corrected chi connectivity index (χ4v) is 5.07. The minimum absolute atomic E-state index is 0.0281. The predicted molar refractivity (Wildman–Crippen MR) is 108 cm³/mol. The average Bonchev–Trinajstić information content (AvgIpc) is 3.42. The summed E-state index contributed by atoms with van der Waals surface area (Å²) in [5.41, 5.74) is 2.17. The number of hydrogen-bond acceptors (Lipinski definition) is 6. The van der Waals surface area contributed by atoms with E-state index in [1.165, 1.54) is 11.8 Å². The number of thiazole rings is 1. The van der Waals surface area contributed by atoms with Crippen LogP contribution in [-0.2, 0) is 4.79 Å². The van der Waals surface area contributed by atoms with Gasteiger partial charge in [-0.25, -0.2) is 5.01 Å². The molecule has 0 N–H and O–H groups in total. The summed E-state index contributed by atoms with van der Waals surface area (Å²) in [7, 11) is 0. The summed E-state index contributed by atoms with van der Waals surface area (Å²) in [4.78, 5) is 13.6. The van der Waals surface area contributed by atoms with Crippen molar-refractivity contribution in [2.45, 2.75) is 17.6 Å². The highest BCUT2D eigenvalue weighted by Crippen LogP contribution is 2.31. The van der Waals surface area contributed by atoms with E-state index < -0.39 is 0 Å². The third kappa shape index (κ3) is 2.90. The number of para-hydroxylation sites is 1. The molecule has 0 aliphatic carbocycles. The molecule has 1 amide bonds. The summed E-state index contributed by atoms with van der Waals surface area (Å²) in [6.07, 6.45) is 2.55. The van der Waals surface area contributed by atoms with Gasteiger partial charge in [-0.1, -0.05) is 65.6 Å². The Hall–Kier alpha value is -2.71. The molecule has 2 aromatic carbocycles. The number of rotatable bonds is 4. The first-order valence-corrected chi connectivity index (χ1v) is 10.4. The minimum Gasteiger partial charge on any atom is -0.272 e. The van der Waals surface area contributed by atoms with Crippen LogP contribution in [0.5, 0.6) is 0 Å². The molecule has 1 aliphatic heterocycles. The van der Waals surface area contributed by atoms with E-state index in [0.29, 0.717) is 0 Å². The van der Waals surface area contributed by atoms with Gasteiger partial charge in [0, 0.05) is 12.6 Å². The lowest BCUT2D eigenvalue weighted by Gasteiger charge is -2.21. The molecule has 0 unspecified atom stereocenters. The van der Waals surface area contributed by atoms with Crippen molar-refractivity contribution in [3.8, 4) is 0 Å². The SMILES string of the molecule is O=C(CSc1nnc2sc3ccccc3n12)N1N=CC[C@@H]1c1ccccc1. The lowest BCUT2D eigenvalue weighted by molar-refractivity contribution is -0.130. The monoisotopic (exact) mass is 393 g/mol. The number of hydrazone groups is 1. The number of carbonyl (C=O) groups is 1. The molecule has 27 heavy (non-hydrogen) atoms. The summed E-state index contributed by atoms with van der Waals surface area (Å²) in [6, 6.07) is 18.1. The number of carbonyl (C=O) groups excluding carboxylic acids is 1. The number of thioether (sulfide) groups is 1. The Balaban J connectivity index is 1.36. The van der Waals surface area contributed by atoms with Gasteiger partial charge < -0.3 is 0 Å². The van der Waals surface area contributed by atoms with E-state index in [1.54, 1.807) is 16.3 Å². The Morgan fingerprint density at radius 1 is 1.11 bits per heavy atom. The van der Waals surface area contributed by atoms with Crippen molar-refractivity contribution < 1.29 is 4.79 Å². The second kappa shape index (κ2) is 6.79. The molecule has 134 valence electrons. The summed E-state index contributed by atoms with van der Waals surface area (Å²) in [5, 5.41) is 15.1. The molecule has 0 saturated heterocycles. The van der Waals surface area contributed by atoms with E-state index in [9.17, 15) is 4.79 Å². The molecule has 5 rings (SSSR count). The third-order valence-electron chi connectivity index (χ3n) is 4.51. The van der Waals surface area contributed by atoms with Crippen LogP contribution >= 0.6 is 23.1 Å². The van der Waals surface area contributed by atoms with Crippen molar-refractivity contribution in [1.29, 1.82) is 0 Å². The number of aromatic nitrogens is 3. The van der Waals surface area contributed by atoms with Crippen molar-refractivity contribution in [2.24, 2.45) is 5.10 Å². The van der Waals surface area contributed by atoms with Crippen LogP contribution in [0, 0.1) is 0 Å². The molecule has 1 atom stereocenters. The van der Waals surface area contributed by atoms with Crippen molar-refractivity contribution in [3.05, 3.63) is 60.2 Å². The fraction of sp³-hybridized carbons (Fsp3) is 0.158. The van der Waals surface area contributed by atoms with Crippen LogP contribution < -0.4 is 0 Å². The van der Waals surface area contributed by atoms with E-state index in [0.717, 1.165) is 32.3 Å². The van der Waals surface area contributed by atoms with Gasteiger partial charge in [-0.2, -0.15) is 5.10 Å². The third-order valence-corrected chi connectivity index (χ3v) is 6.43. The van der Waals surface area contributed by atoms with Gasteiger partial charge in [-0.05, 0) is 17.7 Å². The number of fused-ring (bicyclic) bond motifs is 3. The summed E-state index contributed by atoms with van der Waals surface area (Å²) in [5.74, 6) is 0.241. The van der Waals surface area contributed by atoms with Gasteiger partial charge in [0.05, 0.1) is 22.0 Å². The average molecular weight is 393 g/mol. The highest BCUT2D eigenvalue weighted by Gasteiger charge is 2.28. The number of amides is 1. The molecular formula is C19H15N5OS2. The highest BCUT2D eigenvalue weighted by molar-refractivity contribution is 7.99. The maximum absolute atomic E-state index is 12.8. The van der Waals surface area contributed by atoms with Crippen LogP contribution in [0.2, 0.25) is 0 Å². The summed E-state index contributed by atoms with van der Waals surface area (Å²) >= 11 is 3.00. The first-order valence-electron chi connectivity index (χ1n) is 8.56. The van der Waals surface area contributed by atoms with Gasteiger partial charge in [0.15, 0.2) is 5.16 Å². The molecule has 1 aliphatic rings. The number of nitrogens with zero attached hydrogens (tertiary/aromatic N) is 5. The zero-order valence-electron chi connectivity index (χ0n) is 14.2. The zero-order chi connectivity index (χ0) is 18.2. The van der Waals surface area contributed by atoms with Crippen LogP contribution in [0.4, 0.5) is 0 Å². The van der Waals surface area contributed by atoms with Gasteiger partial charge in [0.1, 0.15) is 0 Å². The smallest absolute Gasteiger partial charge is 0.253 e. The van der Waals surface area contributed by atoms with E-state index in [1.807, 2.05) is 59.1 Å². The van der Waals surface area contributed by atoms with Gasteiger partial charge in [0.2, 0.25) is 4.96 Å². The molecule has 0 bridgehead atoms. The molecule has 8 heteroatoms. The molecule has 0 saturated carbocycles. The Kier molecular flexibility index (Phi) is 4.14. The second-order valence-corrected chi connectivity index (χ2v) is 8.11. The molecule has 4 aromatic rings. The lowest BCUT2D eigenvalue weighted by Crippen LogP contribution is -2.28.